The molecule has 0 saturated heterocycles. The minimum atomic E-state index is -0.321. The Morgan fingerprint density at radius 2 is 1.88 bits per heavy atom. The molecule has 1 aliphatic rings. The maximum atomic E-state index is 12.9. The van der Waals surface area contributed by atoms with Crippen LogP contribution in [-0.2, 0) is 6.54 Å². The van der Waals surface area contributed by atoms with Gasteiger partial charge in [-0.1, -0.05) is 29.8 Å². The molecule has 0 atom stereocenters. The number of carbonyl (C=O) groups excluding carboxylic acids is 2. The van der Waals surface area contributed by atoms with Crippen molar-refractivity contribution in [2.24, 2.45) is 0 Å². The fourth-order valence-electron chi connectivity index (χ4n) is 2.89. The molecule has 6 heteroatoms. The monoisotopic (exact) mass is 372 g/mol. The SMILES string of the molecule is Cc1cc(CN2C(=O)c3cccc(OCCN(C)C)c3C2=O)ccc1Cl. The minimum Gasteiger partial charge on any atom is -0.491 e. The van der Waals surface area contributed by atoms with Gasteiger partial charge in [-0.05, 0) is 50.3 Å². The van der Waals surface area contributed by atoms with Gasteiger partial charge in [0.25, 0.3) is 11.8 Å². The molecule has 0 unspecified atom stereocenters. The summed E-state index contributed by atoms with van der Waals surface area (Å²) in [5.74, 6) is -0.161. The lowest BCUT2D eigenvalue weighted by Crippen LogP contribution is -2.29. The second-order valence-corrected chi connectivity index (χ2v) is 7.02. The third-order valence-electron chi connectivity index (χ3n) is 4.32. The fourth-order valence-corrected chi connectivity index (χ4v) is 3.01. The van der Waals surface area contributed by atoms with Crippen LogP contribution in [0.3, 0.4) is 0 Å². The molecule has 0 fully saturated rings. The molecule has 0 aromatic heterocycles. The zero-order valence-corrected chi connectivity index (χ0v) is 15.8. The highest BCUT2D eigenvalue weighted by atomic mass is 35.5. The second kappa shape index (κ2) is 7.48. The summed E-state index contributed by atoms with van der Waals surface area (Å²) in [5, 5.41) is 0.660. The number of carbonyl (C=O) groups is 2. The number of likely N-dealkylation sites (N-methyl/N-ethyl adjacent to an activating group) is 1. The number of hydrogen-bond acceptors (Lipinski definition) is 4. The van der Waals surface area contributed by atoms with Crippen LogP contribution in [0.5, 0.6) is 5.75 Å². The molecular weight excluding hydrogens is 352 g/mol. The standard InChI is InChI=1S/C20H21ClN2O3/c1-13-11-14(7-8-16(13)21)12-23-19(24)15-5-4-6-17(18(15)20(23)25)26-10-9-22(2)3/h4-8,11H,9-10,12H2,1-3H3. The zero-order valence-electron chi connectivity index (χ0n) is 15.1. The van der Waals surface area contributed by atoms with Gasteiger partial charge in [0.15, 0.2) is 0 Å². The molecule has 2 amide bonds. The fraction of sp³-hybridized carbons (Fsp3) is 0.300. The smallest absolute Gasteiger partial charge is 0.265 e. The largest absolute Gasteiger partial charge is 0.491 e. The quantitative estimate of drug-likeness (QED) is 0.729. The molecule has 26 heavy (non-hydrogen) atoms. The van der Waals surface area contributed by atoms with Crippen molar-refractivity contribution < 1.29 is 14.3 Å². The van der Waals surface area contributed by atoms with Crippen molar-refractivity contribution in [1.29, 1.82) is 0 Å². The van der Waals surface area contributed by atoms with E-state index < -0.39 is 0 Å². The van der Waals surface area contributed by atoms with E-state index in [1.54, 1.807) is 24.3 Å². The Labute approximate surface area is 158 Å². The number of ether oxygens (including phenoxy) is 1. The summed E-state index contributed by atoms with van der Waals surface area (Å²) in [6.07, 6.45) is 0. The van der Waals surface area contributed by atoms with Gasteiger partial charge < -0.3 is 9.64 Å². The van der Waals surface area contributed by atoms with Crippen molar-refractivity contribution in [2.75, 3.05) is 27.2 Å². The molecule has 5 nitrogen and oxygen atoms in total. The van der Waals surface area contributed by atoms with Gasteiger partial charge >= 0.3 is 0 Å². The molecule has 1 aliphatic heterocycles. The van der Waals surface area contributed by atoms with Gasteiger partial charge in [0.2, 0.25) is 0 Å². The lowest BCUT2D eigenvalue weighted by atomic mass is 10.1. The average Bonchev–Trinajstić information content (AvgIpc) is 2.83. The highest BCUT2D eigenvalue weighted by molar-refractivity contribution is 6.31. The summed E-state index contributed by atoms with van der Waals surface area (Å²) >= 11 is 6.05. The predicted molar refractivity (Wildman–Crippen MR) is 101 cm³/mol. The third-order valence-corrected chi connectivity index (χ3v) is 4.74. The number of imide groups is 1. The Balaban J connectivity index is 1.83. The zero-order chi connectivity index (χ0) is 18.8. The lowest BCUT2D eigenvalue weighted by molar-refractivity contribution is 0.0641. The van der Waals surface area contributed by atoms with Gasteiger partial charge in [0, 0.05) is 11.6 Å². The highest BCUT2D eigenvalue weighted by Gasteiger charge is 2.38. The van der Waals surface area contributed by atoms with Crippen LogP contribution in [0, 0.1) is 6.92 Å². The van der Waals surface area contributed by atoms with Crippen molar-refractivity contribution in [3.05, 3.63) is 63.7 Å². The predicted octanol–water partition coefficient (Wildman–Crippen LogP) is 3.39. The van der Waals surface area contributed by atoms with Crippen LogP contribution in [0.2, 0.25) is 5.02 Å². The molecule has 0 bridgehead atoms. The normalized spacial score (nSPS) is 13.5. The first-order valence-corrected chi connectivity index (χ1v) is 8.78. The van der Waals surface area contributed by atoms with E-state index in [1.165, 1.54) is 4.90 Å². The molecule has 3 rings (SSSR count). The van der Waals surface area contributed by atoms with Crippen LogP contribution in [-0.4, -0.2) is 48.9 Å². The van der Waals surface area contributed by atoms with Gasteiger partial charge in [-0.25, -0.2) is 0 Å². The van der Waals surface area contributed by atoms with Crippen LogP contribution >= 0.6 is 11.6 Å². The van der Waals surface area contributed by atoms with Gasteiger partial charge in [-0.15, -0.1) is 0 Å². The lowest BCUT2D eigenvalue weighted by Gasteiger charge is -2.15. The van der Waals surface area contributed by atoms with E-state index in [-0.39, 0.29) is 18.4 Å². The number of nitrogens with zero attached hydrogens (tertiary/aromatic N) is 2. The number of fused-ring (bicyclic) bond motifs is 1. The van der Waals surface area contributed by atoms with Crippen molar-refractivity contribution in [3.8, 4) is 5.75 Å². The van der Waals surface area contributed by atoms with Gasteiger partial charge in [-0.2, -0.15) is 0 Å². The molecule has 0 saturated carbocycles. The first-order valence-electron chi connectivity index (χ1n) is 8.40. The van der Waals surface area contributed by atoms with Crippen molar-refractivity contribution >= 4 is 23.4 Å². The number of rotatable bonds is 6. The Hall–Kier alpha value is -2.37. The number of hydrogen-bond donors (Lipinski definition) is 0. The van der Waals surface area contributed by atoms with E-state index >= 15 is 0 Å². The molecule has 1 heterocycles. The maximum absolute atomic E-state index is 12.9. The van der Waals surface area contributed by atoms with Gasteiger partial charge in [-0.3, -0.25) is 14.5 Å². The van der Waals surface area contributed by atoms with E-state index in [0.717, 1.165) is 17.7 Å². The van der Waals surface area contributed by atoms with Crippen LogP contribution < -0.4 is 4.74 Å². The van der Waals surface area contributed by atoms with E-state index in [0.29, 0.717) is 28.5 Å². The summed E-state index contributed by atoms with van der Waals surface area (Å²) in [7, 11) is 3.90. The van der Waals surface area contributed by atoms with Gasteiger partial charge in [0.05, 0.1) is 17.7 Å². The van der Waals surface area contributed by atoms with Crippen molar-refractivity contribution in [3.63, 3.8) is 0 Å². The van der Waals surface area contributed by atoms with Crippen molar-refractivity contribution in [2.45, 2.75) is 13.5 Å². The number of benzene rings is 2. The summed E-state index contributed by atoms with van der Waals surface area (Å²) in [6.45, 7) is 3.27. The summed E-state index contributed by atoms with van der Waals surface area (Å²) in [5.41, 5.74) is 2.51. The Morgan fingerprint density at radius 3 is 2.58 bits per heavy atom. The summed E-state index contributed by atoms with van der Waals surface area (Å²) < 4.78 is 5.75. The molecule has 2 aromatic rings. The third kappa shape index (κ3) is 3.59. The topological polar surface area (TPSA) is 49.9 Å². The van der Waals surface area contributed by atoms with E-state index in [9.17, 15) is 9.59 Å². The highest BCUT2D eigenvalue weighted by Crippen LogP contribution is 2.32. The molecule has 0 spiro atoms. The number of amides is 2. The summed E-state index contributed by atoms with van der Waals surface area (Å²) in [6, 6.07) is 10.6. The molecule has 2 aromatic carbocycles. The first kappa shape index (κ1) is 18.4. The maximum Gasteiger partial charge on any atom is 0.265 e. The van der Waals surface area contributed by atoms with Crippen molar-refractivity contribution in [1.82, 2.24) is 9.80 Å². The van der Waals surface area contributed by atoms with E-state index in [1.807, 2.05) is 38.1 Å². The van der Waals surface area contributed by atoms with Crippen LogP contribution in [0.15, 0.2) is 36.4 Å². The Kier molecular flexibility index (Phi) is 5.30. The molecular formula is C20H21ClN2O3. The molecule has 0 N–H and O–H groups in total. The first-order chi connectivity index (χ1) is 12.4. The van der Waals surface area contributed by atoms with E-state index in [4.69, 9.17) is 16.3 Å². The second-order valence-electron chi connectivity index (χ2n) is 6.61. The average molecular weight is 373 g/mol. The molecule has 0 radical (unpaired) electrons. The van der Waals surface area contributed by atoms with Gasteiger partial charge in [0.1, 0.15) is 12.4 Å². The minimum absolute atomic E-state index is 0.210. The van der Waals surface area contributed by atoms with E-state index in [2.05, 4.69) is 0 Å². The summed E-state index contributed by atoms with van der Waals surface area (Å²) in [4.78, 5) is 28.8. The van der Waals surface area contributed by atoms with Crippen LogP contribution in [0.25, 0.3) is 0 Å². The Morgan fingerprint density at radius 1 is 1.12 bits per heavy atom. The molecule has 136 valence electrons. The Bertz CT molecular complexity index is 864. The number of aryl methyl sites for hydroxylation is 1. The molecule has 0 aliphatic carbocycles. The van der Waals surface area contributed by atoms with Crippen LogP contribution in [0.1, 0.15) is 31.8 Å². The van der Waals surface area contributed by atoms with Crippen LogP contribution in [0.4, 0.5) is 0 Å². The number of halogens is 1.